The van der Waals surface area contributed by atoms with Crippen LogP contribution in [0.5, 0.6) is 0 Å². The number of fused-ring (bicyclic) bond motifs is 1. The Morgan fingerprint density at radius 3 is 2.84 bits per heavy atom. The van der Waals surface area contributed by atoms with E-state index in [0.29, 0.717) is 5.92 Å². The molecule has 104 valence electrons. The Balaban J connectivity index is 2.22. The smallest absolute Gasteiger partial charge is 0.125 e. The molecule has 0 radical (unpaired) electrons. The number of benzene rings is 1. The normalized spacial score (nSPS) is 13.1. The molecule has 1 unspecified atom stereocenters. The Bertz CT molecular complexity index is 548. The van der Waals surface area contributed by atoms with Crippen molar-refractivity contribution in [2.24, 2.45) is 11.7 Å². The Hall–Kier alpha value is -1.42. The van der Waals surface area contributed by atoms with Crippen molar-refractivity contribution in [1.82, 2.24) is 9.55 Å². The predicted octanol–water partition coefficient (Wildman–Crippen LogP) is 3.11. The maximum absolute atomic E-state index is 13.3. The number of nitrogens with zero attached hydrogens (tertiary/aromatic N) is 2. The van der Waals surface area contributed by atoms with E-state index in [1.54, 1.807) is 12.1 Å². The Morgan fingerprint density at radius 1 is 1.37 bits per heavy atom. The molecular weight excluding hydrogens is 241 g/mol. The molecule has 3 nitrogen and oxygen atoms in total. The van der Waals surface area contributed by atoms with Gasteiger partial charge in [0.15, 0.2) is 0 Å². The van der Waals surface area contributed by atoms with E-state index in [4.69, 9.17) is 5.73 Å². The van der Waals surface area contributed by atoms with Gasteiger partial charge >= 0.3 is 0 Å². The molecule has 1 heterocycles. The van der Waals surface area contributed by atoms with Crippen molar-refractivity contribution in [1.29, 1.82) is 0 Å². The van der Waals surface area contributed by atoms with Crippen LogP contribution in [-0.2, 0) is 13.0 Å². The first-order valence-electron chi connectivity index (χ1n) is 7.00. The summed E-state index contributed by atoms with van der Waals surface area (Å²) in [6.07, 6.45) is 3.04. The SMILES string of the molecule is CCn1c(CCC(C)CCN)nc2ccc(F)cc21. The number of hydrogen-bond donors (Lipinski definition) is 1. The zero-order valence-corrected chi connectivity index (χ0v) is 11.7. The van der Waals surface area contributed by atoms with Crippen molar-refractivity contribution < 1.29 is 4.39 Å². The standard InChI is InChI=1S/C15H22FN3/c1-3-19-14-10-12(16)5-6-13(14)18-15(19)7-4-11(2)8-9-17/h5-6,10-11H,3-4,7-9,17H2,1-2H3. The second-order valence-electron chi connectivity index (χ2n) is 5.13. The Labute approximate surface area is 113 Å². The highest BCUT2D eigenvalue weighted by atomic mass is 19.1. The lowest BCUT2D eigenvalue weighted by Gasteiger charge is -2.10. The van der Waals surface area contributed by atoms with E-state index in [2.05, 4.69) is 23.4 Å². The van der Waals surface area contributed by atoms with Crippen molar-refractivity contribution in [3.8, 4) is 0 Å². The number of hydrogen-bond acceptors (Lipinski definition) is 2. The lowest BCUT2D eigenvalue weighted by atomic mass is 10.0. The largest absolute Gasteiger partial charge is 0.330 e. The summed E-state index contributed by atoms with van der Waals surface area (Å²) in [7, 11) is 0. The Kier molecular flexibility index (Phi) is 4.53. The minimum Gasteiger partial charge on any atom is -0.330 e. The highest BCUT2D eigenvalue weighted by molar-refractivity contribution is 5.76. The third-order valence-electron chi connectivity index (χ3n) is 3.63. The van der Waals surface area contributed by atoms with Gasteiger partial charge in [-0.3, -0.25) is 0 Å². The van der Waals surface area contributed by atoms with Crippen LogP contribution in [0.2, 0.25) is 0 Å². The molecule has 1 aromatic carbocycles. The first kappa shape index (κ1) is 14.0. The van der Waals surface area contributed by atoms with E-state index in [-0.39, 0.29) is 5.82 Å². The topological polar surface area (TPSA) is 43.8 Å². The second kappa shape index (κ2) is 6.15. The molecule has 19 heavy (non-hydrogen) atoms. The molecule has 4 heteroatoms. The number of aryl methyl sites for hydroxylation is 2. The van der Waals surface area contributed by atoms with Gasteiger partial charge in [0.25, 0.3) is 0 Å². The van der Waals surface area contributed by atoms with E-state index < -0.39 is 0 Å². The van der Waals surface area contributed by atoms with Crippen molar-refractivity contribution >= 4 is 11.0 Å². The molecule has 1 aromatic heterocycles. The molecule has 0 aliphatic rings. The van der Waals surface area contributed by atoms with Gasteiger partial charge in [-0.05, 0) is 50.4 Å². The summed E-state index contributed by atoms with van der Waals surface area (Å²) >= 11 is 0. The van der Waals surface area contributed by atoms with Crippen LogP contribution in [0, 0.1) is 11.7 Å². The molecule has 2 rings (SSSR count). The van der Waals surface area contributed by atoms with E-state index in [9.17, 15) is 4.39 Å². The maximum Gasteiger partial charge on any atom is 0.125 e. The van der Waals surface area contributed by atoms with Crippen LogP contribution in [0.25, 0.3) is 11.0 Å². The molecule has 0 saturated carbocycles. The molecule has 2 N–H and O–H groups in total. The number of nitrogens with two attached hydrogens (primary N) is 1. The van der Waals surface area contributed by atoms with Crippen LogP contribution in [0.15, 0.2) is 18.2 Å². The summed E-state index contributed by atoms with van der Waals surface area (Å²) in [4.78, 5) is 4.62. The minimum absolute atomic E-state index is 0.204. The lowest BCUT2D eigenvalue weighted by molar-refractivity contribution is 0.488. The number of imidazole rings is 1. The van der Waals surface area contributed by atoms with Crippen LogP contribution in [0.1, 0.15) is 32.5 Å². The fourth-order valence-corrected chi connectivity index (χ4v) is 2.49. The lowest BCUT2D eigenvalue weighted by Crippen LogP contribution is -2.09. The second-order valence-corrected chi connectivity index (χ2v) is 5.13. The molecule has 1 atom stereocenters. The zero-order chi connectivity index (χ0) is 13.8. The fourth-order valence-electron chi connectivity index (χ4n) is 2.49. The van der Waals surface area contributed by atoms with Gasteiger partial charge in [-0.15, -0.1) is 0 Å². The summed E-state index contributed by atoms with van der Waals surface area (Å²) < 4.78 is 15.4. The highest BCUT2D eigenvalue weighted by Gasteiger charge is 2.11. The van der Waals surface area contributed by atoms with Crippen molar-refractivity contribution in [2.75, 3.05) is 6.54 Å². The molecular formula is C15H22FN3. The van der Waals surface area contributed by atoms with Crippen molar-refractivity contribution in [3.63, 3.8) is 0 Å². The minimum atomic E-state index is -0.204. The van der Waals surface area contributed by atoms with Gasteiger partial charge in [0.1, 0.15) is 11.6 Å². The van der Waals surface area contributed by atoms with Gasteiger partial charge in [-0.1, -0.05) is 6.92 Å². The molecule has 0 amide bonds. The summed E-state index contributed by atoms with van der Waals surface area (Å²) in [5.74, 6) is 1.45. The molecule has 0 spiro atoms. The highest BCUT2D eigenvalue weighted by Crippen LogP contribution is 2.20. The summed E-state index contributed by atoms with van der Waals surface area (Å²) in [6, 6.07) is 4.79. The van der Waals surface area contributed by atoms with Gasteiger partial charge in [0.05, 0.1) is 11.0 Å². The van der Waals surface area contributed by atoms with Gasteiger partial charge in [-0.2, -0.15) is 0 Å². The summed E-state index contributed by atoms with van der Waals surface area (Å²) in [5, 5.41) is 0. The number of aromatic nitrogens is 2. The van der Waals surface area contributed by atoms with Crippen LogP contribution in [0.4, 0.5) is 4.39 Å². The Morgan fingerprint density at radius 2 is 2.16 bits per heavy atom. The van der Waals surface area contributed by atoms with E-state index >= 15 is 0 Å². The molecule has 2 aromatic rings. The quantitative estimate of drug-likeness (QED) is 0.870. The van der Waals surface area contributed by atoms with Gasteiger partial charge in [-0.25, -0.2) is 9.37 Å². The first-order valence-corrected chi connectivity index (χ1v) is 7.00. The third kappa shape index (κ3) is 3.13. The molecule has 0 saturated heterocycles. The van der Waals surface area contributed by atoms with E-state index in [1.165, 1.54) is 6.07 Å². The summed E-state index contributed by atoms with van der Waals surface area (Å²) in [5.41, 5.74) is 7.34. The van der Waals surface area contributed by atoms with Crippen molar-refractivity contribution in [2.45, 2.75) is 39.7 Å². The molecule has 0 fully saturated rings. The average molecular weight is 263 g/mol. The van der Waals surface area contributed by atoms with Crippen LogP contribution in [-0.4, -0.2) is 16.1 Å². The van der Waals surface area contributed by atoms with Crippen LogP contribution < -0.4 is 5.73 Å². The molecule has 0 aliphatic heterocycles. The number of halogens is 1. The molecule has 0 aliphatic carbocycles. The predicted molar refractivity (Wildman–Crippen MR) is 76.5 cm³/mol. The maximum atomic E-state index is 13.3. The summed E-state index contributed by atoms with van der Waals surface area (Å²) in [6.45, 7) is 5.83. The van der Waals surface area contributed by atoms with E-state index in [0.717, 1.165) is 49.2 Å². The van der Waals surface area contributed by atoms with Crippen LogP contribution in [0.3, 0.4) is 0 Å². The van der Waals surface area contributed by atoms with Gasteiger partial charge in [0, 0.05) is 13.0 Å². The zero-order valence-electron chi connectivity index (χ0n) is 11.7. The first-order chi connectivity index (χ1) is 9.15. The average Bonchev–Trinajstić information content (AvgIpc) is 2.73. The molecule has 0 bridgehead atoms. The van der Waals surface area contributed by atoms with Crippen LogP contribution >= 0.6 is 0 Å². The monoisotopic (exact) mass is 263 g/mol. The van der Waals surface area contributed by atoms with Crippen molar-refractivity contribution in [3.05, 3.63) is 29.8 Å². The van der Waals surface area contributed by atoms with Gasteiger partial charge < -0.3 is 10.3 Å². The fraction of sp³-hybridized carbons (Fsp3) is 0.533. The third-order valence-corrected chi connectivity index (χ3v) is 3.63. The van der Waals surface area contributed by atoms with E-state index in [1.807, 2.05) is 0 Å². The van der Waals surface area contributed by atoms with Gasteiger partial charge in [0.2, 0.25) is 0 Å². The number of rotatable bonds is 6.